The number of ether oxygens (including phenoxy) is 1. The summed E-state index contributed by atoms with van der Waals surface area (Å²) in [5, 5.41) is 12.8. The van der Waals surface area contributed by atoms with Gasteiger partial charge >= 0.3 is 5.97 Å². The maximum absolute atomic E-state index is 13.5. The number of sulfone groups is 1. The molecule has 10 heteroatoms. The lowest BCUT2D eigenvalue weighted by molar-refractivity contribution is -0.139. The van der Waals surface area contributed by atoms with E-state index >= 15 is 0 Å². The van der Waals surface area contributed by atoms with E-state index in [0.29, 0.717) is 22.8 Å². The fourth-order valence-electron chi connectivity index (χ4n) is 6.25. The van der Waals surface area contributed by atoms with Crippen LogP contribution in [0.3, 0.4) is 0 Å². The van der Waals surface area contributed by atoms with Crippen molar-refractivity contribution in [2.45, 2.75) is 75.7 Å². The molecule has 2 aromatic rings. The highest BCUT2D eigenvalue weighted by molar-refractivity contribution is 7.99. The first-order valence-corrected chi connectivity index (χ1v) is 18.6. The van der Waals surface area contributed by atoms with Crippen LogP contribution in [0.15, 0.2) is 42.5 Å². The standard InChI is InChI=1S/C33H46N2O6S2/c1-23-9-7-8-12-28(23)30-17-25(13-14-29(30)32(36)34-31(33(37)38)15-16-43(3,39)40)19-35-20-27(42-2)18-26(35)22-41-21-24-10-5-4-6-11-24/h7-9,12-14,17,24,26-27,31H,4-6,10-11,15-16,18-22H2,1-3H3,(H,34,36)(H,37,38)/t26-,27?,31+/m1/s1. The molecule has 0 spiro atoms. The Kier molecular flexibility index (Phi) is 12.1. The predicted octanol–water partition coefficient (Wildman–Crippen LogP) is 5.18. The molecule has 2 aromatic carbocycles. The van der Waals surface area contributed by atoms with Crippen molar-refractivity contribution in [3.8, 4) is 11.1 Å². The van der Waals surface area contributed by atoms with Gasteiger partial charge in [0.05, 0.1) is 12.4 Å². The number of carboxylic acid groups (broad SMARTS) is 1. The third kappa shape index (κ3) is 9.80. The number of hydrogen-bond acceptors (Lipinski definition) is 7. The van der Waals surface area contributed by atoms with Crippen molar-refractivity contribution < 1.29 is 27.9 Å². The molecule has 1 saturated heterocycles. The van der Waals surface area contributed by atoms with Gasteiger partial charge < -0.3 is 15.2 Å². The number of nitrogens with one attached hydrogen (secondary N) is 1. The third-order valence-corrected chi connectivity index (χ3v) is 10.7. The van der Waals surface area contributed by atoms with Crippen LogP contribution in [0.4, 0.5) is 0 Å². The molecule has 0 radical (unpaired) electrons. The molecule has 1 heterocycles. The number of carbonyl (C=O) groups is 2. The zero-order valence-electron chi connectivity index (χ0n) is 25.6. The number of carbonyl (C=O) groups excluding carboxylic acids is 1. The number of nitrogens with zero attached hydrogens (tertiary/aromatic N) is 1. The fourth-order valence-corrected chi connectivity index (χ4v) is 7.66. The Morgan fingerprint density at radius 3 is 2.51 bits per heavy atom. The molecule has 4 rings (SSSR count). The van der Waals surface area contributed by atoms with Crippen molar-refractivity contribution in [3.05, 3.63) is 59.2 Å². The van der Waals surface area contributed by atoms with Gasteiger partial charge in [0, 0.05) is 42.8 Å². The summed E-state index contributed by atoms with van der Waals surface area (Å²) in [4.78, 5) is 27.8. The largest absolute Gasteiger partial charge is 0.480 e. The van der Waals surface area contributed by atoms with Gasteiger partial charge in [0.25, 0.3) is 5.91 Å². The van der Waals surface area contributed by atoms with Crippen LogP contribution in [-0.2, 0) is 25.9 Å². The average molecular weight is 631 g/mol. The summed E-state index contributed by atoms with van der Waals surface area (Å²) >= 11 is 1.90. The smallest absolute Gasteiger partial charge is 0.326 e. The molecule has 1 saturated carbocycles. The molecular formula is C33H46N2O6S2. The molecule has 2 fully saturated rings. The number of likely N-dealkylation sites (tertiary alicyclic amines) is 1. The highest BCUT2D eigenvalue weighted by Crippen LogP contribution is 2.32. The van der Waals surface area contributed by atoms with Gasteiger partial charge in [-0.2, -0.15) is 11.8 Å². The Bertz CT molecular complexity index is 1360. The minimum Gasteiger partial charge on any atom is -0.480 e. The predicted molar refractivity (Wildman–Crippen MR) is 173 cm³/mol. The van der Waals surface area contributed by atoms with E-state index < -0.39 is 27.8 Å². The molecule has 43 heavy (non-hydrogen) atoms. The second-order valence-corrected chi connectivity index (χ2v) is 15.6. The molecule has 1 aliphatic carbocycles. The lowest BCUT2D eigenvalue weighted by Crippen LogP contribution is -2.42. The summed E-state index contributed by atoms with van der Waals surface area (Å²) in [6, 6.07) is 12.6. The zero-order chi connectivity index (χ0) is 31.0. The van der Waals surface area contributed by atoms with Crippen LogP contribution in [0.25, 0.3) is 11.1 Å². The van der Waals surface area contributed by atoms with E-state index in [4.69, 9.17) is 4.74 Å². The molecule has 1 amide bonds. The van der Waals surface area contributed by atoms with E-state index in [1.807, 2.05) is 55.1 Å². The molecule has 1 aliphatic heterocycles. The number of aryl methyl sites for hydroxylation is 1. The molecule has 0 aromatic heterocycles. The number of rotatable bonds is 14. The summed E-state index contributed by atoms with van der Waals surface area (Å²) in [5.74, 6) is -1.45. The number of aliphatic carboxylic acids is 1. The van der Waals surface area contributed by atoms with Crippen molar-refractivity contribution in [2.75, 3.05) is 38.0 Å². The first-order chi connectivity index (χ1) is 20.5. The van der Waals surface area contributed by atoms with Crippen LogP contribution in [0.1, 0.15) is 66.4 Å². The van der Waals surface area contributed by atoms with Gasteiger partial charge in [-0.3, -0.25) is 9.69 Å². The van der Waals surface area contributed by atoms with Crippen LogP contribution >= 0.6 is 11.8 Å². The summed E-state index contributed by atoms with van der Waals surface area (Å²) in [7, 11) is -3.38. The van der Waals surface area contributed by atoms with Crippen LogP contribution in [0.2, 0.25) is 0 Å². The minimum atomic E-state index is -3.38. The lowest BCUT2D eigenvalue weighted by Gasteiger charge is -2.27. The van der Waals surface area contributed by atoms with Crippen molar-refractivity contribution in [1.29, 1.82) is 0 Å². The van der Waals surface area contributed by atoms with Gasteiger partial charge in [0.15, 0.2) is 0 Å². The van der Waals surface area contributed by atoms with Crippen LogP contribution in [0.5, 0.6) is 0 Å². The van der Waals surface area contributed by atoms with Gasteiger partial charge in [-0.1, -0.05) is 49.6 Å². The van der Waals surface area contributed by atoms with Crippen LogP contribution in [0, 0.1) is 12.8 Å². The van der Waals surface area contributed by atoms with Gasteiger partial charge in [0.1, 0.15) is 15.9 Å². The second-order valence-electron chi connectivity index (χ2n) is 12.2. The number of hydrogen-bond donors (Lipinski definition) is 2. The van der Waals surface area contributed by atoms with Crippen molar-refractivity contribution in [1.82, 2.24) is 10.2 Å². The monoisotopic (exact) mass is 630 g/mol. The maximum atomic E-state index is 13.5. The summed E-state index contributed by atoms with van der Waals surface area (Å²) in [6.45, 7) is 5.25. The Hall–Kier alpha value is -2.40. The van der Waals surface area contributed by atoms with E-state index in [1.54, 1.807) is 6.07 Å². The highest BCUT2D eigenvalue weighted by atomic mass is 32.2. The van der Waals surface area contributed by atoms with Crippen LogP contribution in [-0.4, -0.2) is 85.7 Å². The molecule has 8 nitrogen and oxygen atoms in total. The molecule has 2 N–H and O–H groups in total. The first-order valence-electron chi connectivity index (χ1n) is 15.3. The topological polar surface area (TPSA) is 113 Å². The highest BCUT2D eigenvalue weighted by Gasteiger charge is 2.32. The SMILES string of the molecule is CSC1C[C@H](COCC2CCCCC2)N(Cc2ccc(C(=O)N[C@@H](CCS(C)(=O)=O)C(=O)O)c(-c3ccccc3C)c2)C1. The van der Waals surface area contributed by atoms with Gasteiger partial charge in [-0.15, -0.1) is 0 Å². The Labute approximate surface area is 260 Å². The average Bonchev–Trinajstić information content (AvgIpc) is 3.36. The van der Waals surface area contributed by atoms with Gasteiger partial charge in [-0.25, -0.2) is 13.2 Å². The number of carboxylic acids is 1. The van der Waals surface area contributed by atoms with E-state index in [-0.39, 0.29) is 12.2 Å². The summed E-state index contributed by atoms with van der Waals surface area (Å²) < 4.78 is 29.6. The Morgan fingerprint density at radius 2 is 1.84 bits per heavy atom. The second kappa shape index (κ2) is 15.5. The first kappa shape index (κ1) is 33.5. The lowest BCUT2D eigenvalue weighted by atomic mass is 9.90. The van der Waals surface area contributed by atoms with Crippen molar-refractivity contribution in [3.63, 3.8) is 0 Å². The number of amides is 1. The molecule has 236 valence electrons. The third-order valence-electron chi connectivity index (χ3n) is 8.74. The molecule has 1 unspecified atom stereocenters. The molecule has 2 aliphatic rings. The summed E-state index contributed by atoms with van der Waals surface area (Å²) in [6.07, 6.45) is 10.6. The Balaban J connectivity index is 1.54. The molecule has 3 atom stereocenters. The number of thioether (sulfide) groups is 1. The molecular weight excluding hydrogens is 585 g/mol. The zero-order valence-corrected chi connectivity index (χ0v) is 27.2. The summed E-state index contributed by atoms with van der Waals surface area (Å²) in [5.41, 5.74) is 4.05. The molecule has 0 bridgehead atoms. The number of benzene rings is 2. The van der Waals surface area contributed by atoms with E-state index in [2.05, 4.69) is 16.5 Å². The van der Waals surface area contributed by atoms with Crippen molar-refractivity contribution >= 4 is 33.5 Å². The van der Waals surface area contributed by atoms with E-state index in [1.165, 1.54) is 32.1 Å². The van der Waals surface area contributed by atoms with Crippen molar-refractivity contribution in [2.24, 2.45) is 5.92 Å². The Morgan fingerprint density at radius 1 is 1.09 bits per heavy atom. The van der Waals surface area contributed by atoms with Gasteiger partial charge in [0.2, 0.25) is 0 Å². The van der Waals surface area contributed by atoms with Crippen LogP contribution < -0.4 is 5.32 Å². The van der Waals surface area contributed by atoms with Gasteiger partial charge in [-0.05, 0) is 79.2 Å². The van der Waals surface area contributed by atoms with E-state index in [9.17, 15) is 23.1 Å². The van der Waals surface area contributed by atoms with E-state index in [0.717, 1.165) is 61.2 Å². The normalized spacial score (nSPS) is 20.6. The quantitative estimate of drug-likeness (QED) is 0.294. The fraction of sp³-hybridized carbons (Fsp3) is 0.576. The minimum absolute atomic E-state index is 0.201. The maximum Gasteiger partial charge on any atom is 0.326 e.